The number of hydrogen-bond donors (Lipinski definition) is 3. The van der Waals surface area contributed by atoms with Gasteiger partial charge in [-0.3, -0.25) is 24.6 Å². The van der Waals surface area contributed by atoms with Crippen LogP contribution in [-0.2, 0) is 33.4 Å². The van der Waals surface area contributed by atoms with Crippen molar-refractivity contribution in [1.82, 2.24) is 15.1 Å². The molecule has 1 unspecified atom stereocenters. The molecular formula is C25H26FN3O7. The highest BCUT2D eigenvalue weighted by Gasteiger charge is 2.41. The number of imide groups is 1. The molecule has 0 aromatic heterocycles. The molecule has 0 saturated carbocycles. The summed E-state index contributed by atoms with van der Waals surface area (Å²) in [6.45, 7) is 3.13. The van der Waals surface area contributed by atoms with Crippen molar-refractivity contribution in [2.75, 3.05) is 26.3 Å². The van der Waals surface area contributed by atoms with Crippen molar-refractivity contribution >= 4 is 17.7 Å². The van der Waals surface area contributed by atoms with Crippen LogP contribution in [0.2, 0.25) is 0 Å². The minimum absolute atomic E-state index is 0.0302. The number of nitrogens with zero attached hydrogens (tertiary/aromatic N) is 2. The second kappa shape index (κ2) is 9.58. The number of ether oxygens (including phenoxy) is 2. The maximum absolute atomic E-state index is 14.9. The van der Waals surface area contributed by atoms with Gasteiger partial charge in [0.2, 0.25) is 11.8 Å². The normalized spacial score (nSPS) is 20.9. The molecule has 2 fully saturated rings. The van der Waals surface area contributed by atoms with Crippen molar-refractivity contribution in [2.24, 2.45) is 0 Å². The number of carbonyl (C=O) groups is 3. The Kier molecular flexibility index (Phi) is 6.47. The third kappa shape index (κ3) is 4.70. The van der Waals surface area contributed by atoms with Gasteiger partial charge in [-0.2, -0.15) is 0 Å². The monoisotopic (exact) mass is 499 g/mol. The van der Waals surface area contributed by atoms with E-state index in [1.807, 2.05) is 0 Å². The zero-order valence-electron chi connectivity index (χ0n) is 19.4. The molecule has 2 aromatic rings. The maximum atomic E-state index is 14.9. The Bertz CT molecular complexity index is 1210. The standard InChI is InChI=1S/C25H26FN3O7/c26-19-12-15(13-28-8-10-35-11-9-28)4-5-18(19)25(33,34)36-21-3-1-2-16-17(21)14-29(24(16)32)20-6-7-22(30)27-23(20)31/h1-5,12,20,33-34H,6-11,13-14H2,(H,27,30,31). The molecule has 0 spiro atoms. The Morgan fingerprint density at radius 2 is 1.92 bits per heavy atom. The van der Waals surface area contributed by atoms with E-state index in [-0.39, 0.29) is 30.7 Å². The van der Waals surface area contributed by atoms with Gasteiger partial charge in [-0.25, -0.2) is 4.39 Å². The number of piperidine rings is 1. The van der Waals surface area contributed by atoms with Gasteiger partial charge in [-0.05, 0) is 36.2 Å². The van der Waals surface area contributed by atoms with Crippen LogP contribution in [0.1, 0.15) is 39.9 Å². The van der Waals surface area contributed by atoms with E-state index in [2.05, 4.69) is 10.2 Å². The van der Waals surface area contributed by atoms with E-state index in [4.69, 9.17) is 9.47 Å². The molecule has 5 rings (SSSR count). The summed E-state index contributed by atoms with van der Waals surface area (Å²) in [6.07, 6.45) is 0.295. The number of rotatable bonds is 6. The summed E-state index contributed by atoms with van der Waals surface area (Å²) in [6, 6.07) is 7.73. The van der Waals surface area contributed by atoms with Gasteiger partial charge in [-0.1, -0.05) is 12.1 Å². The van der Waals surface area contributed by atoms with E-state index in [1.165, 1.54) is 35.2 Å². The molecule has 0 bridgehead atoms. The first-order valence-electron chi connectivity index (χ1n) is 11.7. The number of fused-ring (bicyclic) bond motifs is 1. The number of nitrogens with one attached hydrogen (secondary N) is 1. The summed E-state index contributed by atoms with van der Waals surface area (Å²) < 4.78 is 25.7. The van der Waals surface area contributed by atoms with Gasteiger partial charge >= 0.3 is 5.97 Å². The van der Waals surface area contributed by atoms with Crippen LogP contribution >= 0.6 is 0 Å². The lowest BCUT2D eigenvalue weighted by Gasteiger charge is -2.29. The fraction of sp³-hybridized carbons (Fsp3) is 0.400. The molecule has 190 valence electrons. The Balaban J connectivity index is 1.34. The van der Waals surface area contributed by atoms with E-state index in [9.17, 15) is 29.0 Å². The van der Waals surface area contributed by atoms with Gasteiger partial charge in [0.25, 0.3) is 5.91 Å². The van der Waals surface area contributed by atoms with Crippen molar-refractivity contribution in [3.05, 3.63) is 64.5 Å². The van der Waals surface area contributed by atoms with Crippen LogP contribution in [-0.4, -0.2) is 70.1 Å². The van der Waals surface area contributed by atoms with Crippen LogP contribution in [0.3, 0.4) is 0 Å². The second-order valence-electron chi connectivity index (χ2n) is 9.10. The summed E-state index contributed by atoms with van der Waals surface area (Å²) in [5.74, 6) is -5.29. The molecule has 0 aliphatic carbocycles. The summed E-state index contributed by atoms with van der Waals surface area (Å²) in [7, 11) is 0. The zero-order chi connectivity index (χ0) is 25.4. The molecule has 2 aromatic carbocycles. The summed E-state index contributed by atoms with van der Waals surface area (Å²) in [5.41, 5.74) is 0.760. The number of aliphatic hydroxyl groups is 2. The minimum Gasteiger partial charge on any atom is -0.435 e. The van der Waals surface area contributed by atoms with Crippen LogP contribution in [0.15, 0.2) is 36.4 Å². The van der Waals surface area contributed by atoms with Gasteiger partial charge in [0.1, 0.15) is 17.6 Å². The highest BCUT2D eigenvalue weighted by Crippen LogP contribution is 2.36. The predicted octanol–water partition coefficient (Wildman–Crippen LogP) is 0.593. The molecule has 3 heterocycles. The van der Waals surface area contributed by atoms with Gasteiger partial charge in [0, 0.05) is 37.2 Å². The highest BCUT2D eigenvalue weighted by atomic mass is 19.1. The molecule has 3 N–H and O–H groups in total. The van der Waals surface area contributed by atoms with E-state index in [1.54, 1.807) is 6.07 Å². The number of morpholine rings is 1. The third-order valence-corrected chi connectivity index (χ3v) is 6.69. The van der Waals surface area contributed by atoms with Gasteiger partial charge < -0.3 is 24.6 Å². The van der Waals surface area contributed by atoms with Crippen molar-refractivity contribution in [1.29, 1.82) is 0 Å². The van der Waals surface area contributed by atoms with E-state index < -0.39 is 41.1 Å². The minimum atomic E-state index is -3.01. The van der Waals surface area contributed by atoms with Crippen LogP contribution in [0, 0.1) is 5.82 Å². The number of carbonyl (C=O) groups excluding carboxylic acids is 3. The lowest BCUT2D eigenvalue weighted by molar-refractivity contribution is -0.305. The first-order valence-corrected chi connectivity index (χ1v) is 11.7. The molecule has 10 nitrogen and oxygen atoms in total. The first kappa shape index (κ1) is 24.3. The Morgan fingerprint density at radius 1 is 1.14 bits per heavy atom. The van der Waals surface area contributed by atoms with E-state index in [0.29, 0.717) is 30.9 Å². The van der Waals surface area contributed by atoms with Crippen molar-refractivity contribution in [3.63, 3.8) is 0 Å². The molecule has 36 heavy (non-hydrogen) atoms. The summed E-state index contributed by atoms with van der Waals surface area (Å²) >= 11 is 0. The Hall–Kier alpha value is -3.38. The molecule has 11 heteroatoms. The third-order valence-electron chi connectivity index (χ3n) is 6.69. The molecule has 1 atom stereocenters. The lowest BCUT2D eigenvalue weighted by Crippen LogP contribution is -2.52. The second-order valence-corrected chi connectivity index (χ2v) is 9.10. The lowest BCUT2D eigenvalue weighted by atomic mass is 10.0. The Labute approximate surface area is 206 Å². The zero-order valence-corrected chi connectivity index (χ0v) is 19.4. The van der Waals surface area contributed by atoms with Gasteiger partial charge in [0.05, 0.1) is 25.3 Å². The smallest absolute Gasteiger partial charge is 0.354 e. The quantitative estimate of drug-likeness (QED) is 0.389. The fourth-order valence-electron chi connectivity index (χ4n) is 4.80. The van der Waals surface area contributed by atoms with Crippen molar-refractivity contribution in [3.8, 4) is 5.75 Å². The van der Waals surface area contributed by atoms with E-state index >= 15 is 0 Å². The largest absolute Gasteiger partial charge is 0.435 e. The predicted molar refractivity (Wildman–Crippen MR) is 122 cm³/mol. The van der Waals surface area contributed by atoms with E-state index in [0.717, 1.165) is 13.1 Å². The average molecular weight is 499 g/mol. The van der Waals surface area contributed by atoms with Gasteiger partial charge in [-0.15, -0.1) is 0 Å². The Morgan fingerprint density at radius 3 is 2.64 bits per heavy atom. The maximum Gasteiger partial charge on any atom is 0.354 e. The van der Waals surface area contributed by atoms with Crippen molar-refractivity contribution < 1.29 is 38.5 Å². The number of hydrogen-bond acceptors (Lipinski definition) is 8. The van der Waals surface area contributed by atoms with Crippen LogP contribution < -0.4 is 10.1 Å². The molecule has 3 amide bonds. The number of benzene rings is 2. The summed E-state index contributed by atoms with van der Waals surface area (Å²) in [4.78, 5) is 40.2. The summed E-state index contributed by atoms with van der Waals surface area (Å²) in [5, 5.41) is 23.6. The average Bonchev–Trinajstić information content (AvgIpc) is 3.17. The molecule has 2 saturated heterocycles. The number of halogens is 1. The number of amides is 3. The highest BCUT2D eigenvalue weighted by molar-refractivity contribution is 6.05. The fourth-order valence-corrected chi connectivity index (χ4v) is 4.80. The topological polar surface area (TPSA) is 129 Å². The molecule has 3 aliphatic rings. The van der Waals surface area contributed by atoms with Crippen LogP contribution in [0.5, 0.6) is 5.75 Å². The van der Waals surface area contributed by atoms with Crippen LogP contribution in [0.25, 0.3) is 0 Å². The van der Waals surface area contributed by atoms with Crippen molar-refractivity contribution in [2.45, 2.75) is 37.9 Å². The molecular weight excluding hydrogens is 473 g/mol. The molecule has 3 aliphatic heterocycles. The van der Waals surface area contributed by atoms with Gasteiger partial charge in [0.15, 0.2) is 0 Å². The van der Waals surface area contributed by atoms with Crippen LogP contribution in [0.4, 0.5) is 4.39 Å². The molecule has 0 radical (unpaired) electrons. The SMILES string of the molecule is O=C1CCC(N2Cc3c(OC(O)(O)c4ccc(CN5CCOCC5)cc4F)cccc3C2=O)C(=O)N1. The first-order chi connectivity index (χ1) is 17.2.